The third kappa shape index (κ3) is 2.81. The van der Waals surface area contributed by atoms with Crippen molar-refractivity contribution in [3.8, 4) is 0 Å². The number of methoxy groups -OCH3 is 1. The second kappa shape index (κ2) is 5.67. The minimum atomic E-state index is -0.377. The Morgan fingerprint density at radius 3 is 3.11 bits per heavy atom. The molecule has 0 bridgehead atoms. The van der Waals surface area contributed by atoms with Crippen LogP contribution >= 0.6 is 15.9 Å². The van der Waals surface area contributed by atoms with Crippen molar-refractivity contribution in [1.29, 1.82) is 0 Å². The van der Waals surface area contributed by atoms with E-state index >= 15 is 0 Å². The Bertz CT molecular complexity index is 453. The number of anilines is 1. The molecule has 0 saturated carbocycles. The number of esters is 1. The number of hydrogen-bond donors (Lipinski definition) is 0. The second-order valence-electron chi connectivity index (χ2n) is 4.14. The first-order valence-corrected chi connectivity index (χ1v) is 6.51. The molecule has 2 rings (SSSR count). The van der Waals surface area contributed by atoms with E-state index in [1.54, 1.807) is 12.3 Å². The number of carbonyl (C=O) groups is 1. The van der Waals surface area contributed by atoms with Gasteiger partial charge in [-0.1, -0.05) is 0 Å². The van der Waals surface area contributed by atoms with Crippen molar-refractivity contribution in [3.05, 3.63) is 22.3 Å². The lowest BCUT2D eigenvalue weighted by Crippen LogP contribution is -2.42. The summed E-state index contributed by atoms with van der Waals surface area (Å²) in [6, 6.07) is 1.73. The summed E-state index contributed by atoms with van der Waals surface area (Å²) < 4.78 is 11.0. The molecular weight excluding hydrogens is 300 g/mol. The number of carbonyl (C=O) groups excluding carboxylic acids is 1. The number of pyridine rings is 1. The Balaban J connectivity index is 2.34. The summed E-state index contributed by atoms with van der Waals surface area (Å²) >= 11 is 3.32. The molecule has 18 heavy (non-hydrogen) atoms. The molecular formula is C12H15BrN2O3. The maximum absolute atomic E-state index is 11.8. The fourth-order valence-corrected chi connectivity index (χ4v) is 2.29. The van der Waals surface area contributed by atoms with E-state index in [4.69, 9.17) is 9.47 Å². The van der Waals surface area contributed by atoms with Crippen molar-refractivity contribution in [2.45, 2.75) is 13.0 Å². The predicted octanol–water partition coefficient (Wildman–Crippen LogP) is 1.86. The van der Waals surface area contributed by atoms with Gasteiger partial charge in [0.05, 0.1) is 19.8 Å². The van der Waals surface area contributed by atoms with Crippen molar-refractivity contribution in [2.24, 2.45) is 0 Å². The molecule has 1 aromatic heterocycles. The summed E-state index contributed by atoms with van der Waals surface area (Å²) in [6.45, 7) is 4.09. The van der Waals surface area contributed by atoms with E-state index in [1.165, 1.54) is 7.11 Å². The van der Waals surface area contributed by atoms with Gasteiger partial charge in [0.25, 0.3) is 0 Å². The van der Waals surface area contributed by atoms with Crippen LogP contribution in [-0.2, 0) is 9.47 Å². The lowest BCUT2D eigenvalue weighted by molar-refractivity contribution is 0.0519. The smallest absolute Gasteiger partial charge is 0.341 e. The molecule has 0 radical (unpaired) electrons. The van der Waals surface area contributed by atoms with Gasteiger partial charge in [-0.05, 0) is 28.9 Å². The zero-order valence-corrected chi connectivity index (χ0v) is 11.9. The third-order valence-corrected chi connectivity index (χ3v) is 3.21. The first-order chi connectivity index (χ1) is 8.61. The molecule has 6 heteroatoms. The molecule has 1 aliphatic heterocycles. The van der Waals surface area contributed by atoms with E-state index in [9.17, 15) is 4.79 Å². The summed E-state index contributed by atoms with van der Waals surface area (Å²) in [7, 11) is 1.37. The topological polar surface area (TPSA) is 51.7 Å². The van der Waals surface area contributed by atoms with Gasteiger partial charge in [0, 0.05) is 23.8 Å². The third-order valence-electron chi connectivity index (χ3n) is 2.78. The molecule has 0 amide bonds. The number of rotatable bonds is 2. The van der Waals surface area contributed by atoms with Gasteiger partial charge in [-0.25, -0.2) is 9.78 Å². The maximum Gasteiger partial charge on any atom is 0.341 e. The molecule has 1 saturated heterocycles. The van der Waals surface area contributed by atoms with Gasteiger partial charge in [0.15, 0.2) is 0 Å². The summed E-state index contributed by atoms with van der Waals surface area (Å²) in [5.41, 5.74) is 0.473. The van der Waals surface area contributed by atoms with Crippen molar-refractivity contribution in [1.82, 2.24) is 4.98 Å². The number of hydrogen-bond acceptors (Lipinski definition) is 5. The Labute approximate surface area is 114 Å². The summed E-state index contributed by atoms with van der Waals surface area (Å²) in [5, 5.41) is 0. The number of nitrogens with zero attached hydrogens (tertiary/aromatic N) is 2. The summed E-state index contributed by atoms with van der Waals surface area (Å²) in [4.78, 5) is 18.1. The molecule has 2 heterocycles. The first kappa shape index (κ1) is 13.3. The van der Waals surface area contributed by atoms with Crippen LogP contribution in [0.1, 0.15) is 17.3 Å². The standard InChI is InChI=1S/C12H15BrN2O3/c1-8-7-15(3-4-18-8)11-10(12(16)17-2)5-9(13)6-14-11/h5-6,8H,3-4,7H2,1-2H3/t8-/m1/s1. The predicted molar refractivity (Wildman–Crippen MR) is 70.9 cm³/mol. The second-order valence-corrected chi connectivity index (χ2v) is 5.06. The van der Waals surface area contributed by atoms with Crippen LogP contribution in [0.25, 0.3) is 0 Å². The SMILES string of the molecule is COC(=O)c1cc(Br)cnc1N1CCO[C@H](C)C1. The first-order valence-electron chi connectivity index (χ1n) is 5.72. The fourth-order valence-electron chi connectivity index (χ4n) is 1.96. The van der Waals surface area contributed by atoms with Gasteiger partial charge in [-0.2, -0.15) is 0 Å². The molecule has 1 aromatic rings. The lowest BCUT2D eigenvalue weighted by Gasteiger charge is -2.32. The van der Waals surface area contributed by atoms with E-state index in [0.717, 1.165) is 17.6 Å². The molecule has 0 N–H and O–H groups in total. The molecule has 0 unspecified atom stereocenters. The molecule has 0 aromatic carbocycles. The Kier molecular flexibility index (Phi) is 4.19. The van der Waals surface area contributed by atoms with E-state index in [1.807, 2.05) is 11.8 Å². The zero-order valence-electron chi connectivity index (χ0n) is 10.4. The summed E-state index contributed by atoms with van der Waals surface area (Å²) in [6.07, 6.45) is 1.82. The Morgan fingerprint density at radius 1 is 1.67 bits per heavy atom. The molecule has 5 nitrogen and oxygen atoms in total. The van der Waals surface area contributed by atoms with Gasteiger partial charge in [-0.15, -0.1) is 0 Å². The average Bonchev–Trinajstić information content (AvgIpc) is 2.37. The maximum atomic E-state index is 11.8. The van der Waals surface area contributed by atoms with Crippen LogP contribution in [0, 0.1) is 0 Å². The van der Waals surface area contributed by atoms with Gasteiger partial charge in [0.1, 0.15) is 11.4 Å². The van der Waals surface area contributed by atoms with Crippen LogP contribution in [0.15, 0.2) is 16.7 Å². The largest absolute Gasteiger partial charge is 0.465 e. The zero-order chi connectivity index (χ0) is 13.1. The number of aromatic nitrogens is 1. The highest BCUT2D eigenvalue weighted by Gasteiger charge is 2.23. The lowest BCUT2D eigenvalue weighted by atomic mass is 10.2. The molecule has 1 fully saturated rings. The normalized spacial score (nSPS) is 19.7. The van der Waals surface area contributed by atoms with E-state index in [-0.39, 0.29) is 12.1 Å². The van der Waals surface area contributed by atoms with Crippen LogP contribution in [-0.4, -0.2) is 43.9 Å². The van der Waals surface area contributed by atoms with Crippen molar-refractivity contribution in [3.63, 3.8) is 0 Å². The monoisotopic (exact) mass is 314 g/mol. The minimum Gasteiger partial charge on any atom is -0.465 e. The number of halogens is 1. The van der Waals surface area contributed by atoms with Crippen LogP contribution < -0.4 is 4.90 Å². The van der Waals surface area contributed by atoms with Gasteiger partial charge in [0.2, 0.25) is 0 Å². The quantitative estimate of drug-likeness (QED) is 0.780. The van der Waals surface area contributed by atoms with Gasteiger partial charge in [-0.3, -0.25) is 0 Å². The molecule has 1 aliphatic rings. The van der Waals surface area contributed by atoms with Crippen LogP contribution in [0.5, 0.6) is 0 Å². The molecule has 0 aliphatic carbocycles. The highest BCUT2D eigenvalue weighted by Crippen LogP contribution is 2.24. The highest BCUT2D eigenvalue weighted by atomic mass is 79.9. The van der Waals surface area contributed by atoms with Gasteiger partial charge < -0.3 is 14.4 Å². The van der Waals surface area contributed by atoms with Crippen molar-refractivity contribution < 1.29 is 14.3 Å². The van der Waals surface area contributed by atoms with Gasteiger partial charge >= 0.3 is 5.97 Å². The van der Waals surface area contributed by atoms with Crippen molar-refractivity contribution in [2.75, 3.05) is 31.7 Å². The van der Waals surface area contributed by atoms with Crippen LogP contribution in [0.3, 0.4) is 0 Å². The minimum absolute atomic E-state index is 0.134. The average molecular weight is 315 g/mol. The molecule has 0 spiro atoms. The Hall–Kier alpha value is -1.14. The molecule has 1 atom stereocenters. The van der Waals surface area contributed by atoms with Crippen LogP contribution in [0.4, 0.5) is 5.82 Å². The van der Waals surface area contributed by atoms with E-state index < -0.39 is 0 Å². The van der Waals surface area contributed by atoms with E-state index in [2.05, 4.69) is 20.9 Å². The van der Waals surface area contributed by atoms with E-state index in [0.29, 0.717) is 18.0 Å². The van der Waals surface area contributed by atoms with Crippen LogP contribution in [0.2, 0.25) is 0 Å². The summed E-state index contributed by atoms with van der Waals surface area (Å²) in [5.74, 6) is 0.276. The highest BCUT2D eigenvalue weighted by molar-refractivity contribution is 9.10. The number of morpholine rings is 1. The van der Waals surface area contributed by atoms with Crippen molar-refractivity contribution >= 4 is 27.7 Å². The number of ether oxygens (including phenoxy) is 2. The Morgan fingerprint density at radius 2 is 2.44 bits per heavy atom. The molecule has 98 valence electrons. The fraction of sp³-hybridized carbons (Fsp3) is 0.500.